The fourth-order valence-electron chi connectivity index (χ4n) is 3.80. The van der Waals surface area contributed by atoms with Crippen LogP contribution in [0.2, 0.25) is 5.02 Å². The van der Waals surface area contributed by atoms with E-state index in [0.717, 1.165) is 16.7 Å². The molecule has 0 bridgehead atoms. The van der Waals surface area contributed by atoms with Crippen LogP contribution < -0.4 is 9.47 Å². The van der Waals surface area contributed by atoms with Gasteiger partial charge in [-0.2, -0.15) is 0 Å². The van der Waals surface area contributed by atoms with E-state index in [1.807, 2.05) is 18.2 Å². The summed E-state index contributed by atoms with van der Waals surface area (Å²) >= 11 is 6.41. The lowest BCUT2D eigenvalue weighted by Crippen LogP contribution is -2.36. The van der Waals surface area contributed by atoms with Crippen LogP contribution >= 0.6 is 11.6 Å². The maximum Gasteiger partial charge on any atom is 0.276 e. The molecule has 3 heterocycles. The third-order valence-corrected chi connectivity index (χ3v) is 5.59. The average molecular weight is 427 g/mol. The van der Waals surface area contributed by atoms with Crippen molar-refractivity contribution in [1.82, 2.24) is 10.1 Å². The van der Waals surface area contributed by atoms with Crippen molar-refractivity contribution in [3.63, 3.8) is 0 Å². The van der Waals surface area contributed by atoms with Gasteiger partial charge in [0.2, 0.25) is 6.79 Å². The fraction of sp³-hybridized carbons (Fsp3) is 0.182. The Bertz CT molecular complexity index is 1160. The minimum absolute atomic E-state index is 0.164. The highest BCUT2D eigenvalue weighted by Crippen LogP contribution is 2.40. The number of benzene rings is 2. The Morgan fingerprint density at radius 2 is 1.93 bits per heavy atom. The Labute approximate surface area is 176 Å². The first-order valence-electron chi connectivity index (χ1n) is 9.37. The van der Waals surface area contributed by atoms with Gasteiger partial charge in [-0.3, -0.25) is 4.79 Å². The third kappa shape index (κ3) is 3.31. The molecule has 0 saturated heterocycles. The summed E-state index contributed by atoms with van der Waals surface area (Å²) in [7, 11) is 0. The Morgan fingerprint density at radius 1 is 1.07 bits per heavy atom. The zero-order valence-electron chi connectivity index (χ0n) is 15.7. The van der Waals surface area contributed by atoms with Gasteiger partial charge in [0.05, 0.1) is 0 Å². The molecule has 1 amide bonds. The van der Waals surface area contributed by atoms with Crippen molar-refractivity contribution in [1.29, 1.82) is 0 Å². The quantitative estimate of drug-likeness (QED) is 0.609. The maximum absolute atomic E-state index is 14.0. The summed E-state index contributed by atoms with van der Waals surface area (Å²) in [6.45, 7) is 0.923. The lowest BCUT2D eigenvalue weighted by Gasteiger charge is -2.31. The van der Waals surface area contributed by atoms with Gasteiger partial charge in [0, 0.05) is 24.2 Å². The Kier molecular flexibility index (Phi) is 4.67. The van der Waals surface area contributed by atoms with Crippen molar-refractivity contribution in [2.24, 2.45) is 0 Å². The highest BCUT2D eigenvalue weighted by atomic mass is 35.5. The number of fused-ring (bicyclic) bond motifs is 1. The van der Waals surface area contributed by atoms with Crippen molar-refractivity contribution in [2.45, 2.75) is 6.42 Å². The van der Waals surface area contributed by atoms with Crippen LogP contribution in [0, 0.1) is 5.82 Å². The summed E-state index contributed by atoms with van der Waals surface area (Å²) in [4.78, 5) is 14.5. The number of nitrogens with zero attached hydrogens (tertiary/aromatic N) is 2. The Balaban J connectivity index is 1.60. The molecule has 3 aromatic rings. The van der Waals surface area contributed by atoms with E-state index >= 15 is 0 Å². The van der Waals surface area contributed by atoms with Crippen LogP contribution in [-0.2, 0) is 0 Å². The van der Waals surface area contributed by atoms with Crippen molar-refractivity contribution < 1.29 is 23.2 Å². The first kappa shape index (κ1) is 18.7. The number of ether oxygens (including phenoxy) is 2. The molecule has 0 aliphatic carbocycles. The lowest BCUT2D eigenvalue weighted by atomic mass is 9.89. The first-order valence-corrected chi connectivity index (χ1v) is 9.75. The standard InChI is InChI=1S/C22H16ClFN2O4/c23-18-3-2-14(24)10-16(18)15-5-7-26(22(27)19-6-8-30-25-19)11-17(15)13-1-4-20-21(9-13)29-12-28-20/h1-4,6,8-10H,5,7,11-12H2. The van der Waals surface area contributed by atoms with E-state index in [4.69, 9.17) is 25.6 Å². The second-order valence-electron chi connectivity index (χ2n) is 7.01. The highest BCUT2D eigenvalue weighted by Gasteiger charge is 2.28. The normalized spacial score (nSPS) is 15.6. The molecule has 152 valence electrons. The minimum Gasteiger partial charge on any atom is -0.454 e. The molecule has 0 fully saturated rings. The van der Waals surface area contributed by atoms with E-state index < -0.39 is 0 Å². The molecule has 30 heavy (non-hydrogen) atoms. The van der Waals surface area contributed by atoms with Gasteiger partial charge in [-0.15, -0.1) is 0 Å². The monoisotopic (exact) mass is 426 g/mol. The molecule has 8 heteroatoms. The lowest BCUT2D eigenvalue weighted by molar-refractivity contribution is 0.0766. The smallest absolute Gasteiger partial charge is 0.276 e. The van der Waals surface area contributed by atoms with Gasteiger partial charge in [-0.1, -0.05) is 22.8 Å². The van der Waals surface area contributed by atoms with E-state index in [1.165, 1.54) is 24.5 Å². The van der Waals surface area contributed by atoms with E-state index in [0.29, 0.717) is 41.6 Å². The van der Waals surface area contributed by atoms with Gasteiger partial charge in [0.25, 0.3) is 5.91 Å². The summed E-state index contributed by atoms with van der Waals surface area (Å²) in [5.41, 5.74) is 3.48. The van der Waals surface area contributed by atoms with Crippen LogP contribution in [0.5, 0.6) is 11.5 Å². The van der Waals surface area contributed by atoms with Crippen molar-refractivity contribution in [2.75, 3.05) is 19.9 Å². The third-order valence-electron chi connectivity index (χ3n) is 5.26. The van der Waals surface area contributed by atoms with Crippen LogP contribution in [0.4, 0.5) is 4.39 Å². The molecule has 0 N–H and O–H groups in total. The molecule has 0 radical (unpaired) electrons. The molecule has 0 atom stereocenters. The zero-order chi connectivity index (χ0) is 20.7. The summed E-state index contributed by atoms with van der Waals surface area (Å²) < 4.78 is 29.7. The number of aromatic nitrogens is 1. The SMILES string of the molecule is O=C(c1ccon1)N1CCC(c2cc(F)ccc2Cl)=C(c2ccc3c(c2)OCO3)C1. The second-order valence-corrected chi connectivity index (χ2v) is 7.42. The van der Waals surface area contributed by atoms with Crippen molar-refractivity contribution >= 4 is 28.7 Å². The summed E-state index contributed by atoms with van der Waals surface area (Å²) in [6, 6.07) is 11.4. The van der Waals surface area contributed by atoms with Crippen LogP contribution in [0.3, 0.4) is 0 Å². The maximum atomic E-state index is 14.0. The Morgan fingerprint density at radius 3 is 2.77 bits per heavy atom. The summed E-state index contributed by atoms with van der Waals surface area (Å²) in [5, 5.41) is 4.21. The molecule has 0 unspecified atom stereocenters. The van der Waals surface area contributed by atoms with Gasteiger partial charge >= 0.3 is 0 Å². The number of hydrogen-bond donors (Lipinski definition) is 0. The van der Waals surface area contributed by atoms with Gasteiger partial charge in [-0.05, 0) is 59.0 Å². The Hall–Kier alpha value is -3.32. The summed E-state index contributed by atoms with van der Waals surface area (Å²) in [5.74, 6) is 0.695. The van der Waals surface area contributed by atoms with Crippen molar-refractivity contribution in [3.8, 4) is 11.5 Å². The summed E-state index contributed by atoms with van der Waals surface area (Å²) in [6.07, 6.45) is 1.88. The topological polar surface area (TPSA) is 64.8 Å². The number of carbonyl (C=O) groups is 1. The number of carbonyl (C=O) groups excluding carboxylic acids is 1. The molecule has 1 aromatic heterocycles. The van der Waals surface area contributed by atoms with E-state index in [1.54, 1.807) is 11.0 Å². The van der Waals surface area contributed by atoms with Crippen LogP contribution in [0.15, 0.2) is 53.3 Å². The molecule has 2 aliphatic rings. The molecule has 0 spiro atoms. The van der Waals surface area contributed by atoms with E-state index in [-0.39, 0.29) is 24.2 Å². The zero-order valence-corrected chi connectivity index (χ0v) is 16.5. The average Bonchev–Trinajstić information content (AvgIpc) is 3.46. The number of hydrogen-bond acceptors (Lipinski definition) is 5. The minimum atomic E-state index is -0.368. The predicted molar refractivity (Wildman–Crippen MR) is 108 cm³/mol. The molecule has 2 aromatic carbocycles. The van der Waals surface area contributed by atoms with Crippen LogP contribution in [0.1, 0.15) is 28.0 Å². The van der Waals surface area contributed by atoms with Gasteiger partial charge in [0.1, 0.15) is 12.1 Å². The van der Waals surface area contributed by atoms with Crippen LogP contribution in [0.25, 0.3) is 11.1 Å². The first-order chi connectivity index (χ1) is 14.6. The number of halogens is 2. The van der Waals surface area contributed by atoms with Gasteiger partial charge in [-0.25, -0.2) is 4.39 Å². The van der Waals surface area contributed by atoms with Crippen molar-refractivity contribution in [3.05, 3.63) is 76.4 Å². The number of amides is 1. The fourth-order valence-corrected chi connectivity index (χ4v) is 4.03. The molecule has 0 saturated carbocycles. The van der Waals surface area contributed by atoms with Crippen LogP contribution in [-0.4, -0.2) is 35.8 Å². The highest BCUT2D eigenvalue weighted by molar-refractivity contribution is 6.32. The molecule has 5 rings (SSSR count). The second kappa shape index (κ2) is 7.50. The molecule has 2 aliphatic heterocycles. The van der Waals surface area contributed by atoms with E-state index in [2.05, 4.69) is 5.16 Å². The van der Waals surface area contributed by atoms with Gasteiger partial charge < -0.3 is 18.9 Å². The van der Waals surface area contributed by atoms with Gasteiger partial charge in [0.15, 0.2) is 17.2 Å². The number of rotatable bonds is 3. The largest absolute Gasteiger partial charge is 0.454 e. The van der Waals surface area contributed by atoms with E-state index in [9.17, 15) is 9.18 Å². The molecular weight excluding hydrogens is 411 g/mol. The molecule has 6 nitrogen and oxygen atoms in total. The predicted octanol–water partition coefficient (Wildman–Crippen LogP) is 4.65. The molecular formula is C22H16ClFN2O4.